The molecule has 26 heavy (non-hydrogen) atoms. The van der Waals surface area contributed by atoms with Crippen molar-refractivity contribution in [1.29, 1.82) is 0 Å². The number of amides is 2. The van der Waals surface area contributed by atoms with Crippen molar-refractivity contribution in [3.8, 4) is 0 Å². The zero-order valence-corrected chi connectivity index (χ0v) is 15.1. The van der Waals surface area contributed by atoms with Crippen LogP contribution in [0.25, 0.3) is 6.08 Å². The number of carbonyl (C=O) groups excluding carboxylic acids is 2. The predicted octanol–water partition coefficient (Wildman–Crippen LogP) is 1.88. The van der Waals surface area contributed by atoms with Gasteiger partial charge in [0.2, 0.25) is 5.91 Å². The Labute approximate surface area is 153 Å². The molecule has 0 saturated heterocycles. The van der Waals surface area contributed by atoms with Crippen LogP contribution in [-0.4, -0.2) is 39.6 Å². The summed E-state index contributed by atoms with van der Waals surface area (Å²) in [6, 6.07) is 0.0150. The fraction of sp³-hybridized carbons (Fsp3) is 0.556. The van der Waals surface area contributed by atoms with Crippen LogP contribution in [0.3, 0.4) is 0 Å². The first-order valence-electron chi connectivity index (χ1n) is 9.04. The molecular formula is C18H27N5O3. The van der Waals surface area contributed by atoms with Gasteiger partial charge in [-0.25, -0.2) is 10.5 Å². The quantitative estimate of drug-likeness (QED) is 0.319. The molecule has 1 aromatic rings. The Morgan fingerprint density at radius 2 is 2.04 bits per heavy atom. The van der Waals surface area contributed by atoms with Gasteiger partial charge < -0.3 is 10.6 Å². The molecule has 0 bridgehead atoms. The number of hydrogen-bond donors (Lipinski definition) is 4. The minimum atomic E-state index is -0.633. The number of nitrogens with zero attached hydrogens (tertiary/aromatic N) is 2. The van der Waals surface area contributed by atoms with Gasteiger partial charge in [-0.1, -0.05) is 19.3 Å². The molecule has 4 N–H and O–H groups in total. The first kappa shape index (κ1) is 19.8. The molecule has 1 fully saturated rings. The van der Waals surface area contributed by atoms with Gasteiger partial charge in [0.1, 0.15) is 5.82 Å². The summed E-state index contributed by atoms with van der Waals surface area (Å²) in [6.45, 7) is 2.48. The third-order valence-electron chi connectivity index (χ3n) is 4.39. The van der Waals surface area contributed by atoms with Crippen molar-refractivity contribution in [1.82, 2.24) is 20.8 Å². The minimum absolute atomic E-state index is 0.0150. The maximum atomic E-state index is 12.0. The summed E-state index contributed by atoms with van der Waals surface area (Å²) in [5, 5.41) is 14.6. The van der Waals surface area contributed by atoms with Gasteiger partial charge in [-0.05, 0) is 31.8 Å². The lowest BCUT2D eigenvalue weighted by Crippen LogP contribution is -2.35. The molecule has 8 heteroatoms. The van der Waals surface area contributed by atoms with E-state index in [1.807, 2.05) is 6.92 Å². The number of nitrogens with one attached hydrogen (secondary N) is 3. The van der Waals surface area contributed by atoms with Gasteiger partial charge in [-0.15, -0.1) is 0 Å². The second kappa shape index (κ2) is 10.5. The lowest BCUT2D eigenvalue weighted by molar-refractivity contribution is -0.124. The van der Waals surface area contributed by atoms with E-state index in [9.17, 15) is 9.59 Å². The summed E-state index contributed by atoms with van der Waals surface area (Å²) in [5.41, 5.74) is 1.99. The Morgan fingerprint density at radius 1 is 1.27 bits per heavy atom. The molecule has 8 nitrogen and oxygen atoms in total. The standard InChI is InChI=1S/C18H27N5O3/c1-13(10-21-18(25)9-14-5-3-2-4-6-14)22-16-12-19-15(11-20-16)7-8-17(24)23-26/h7-8,11-14,26H,2-6,9-10H2,1H3,(H,20,22)(H,21,25)(H,23,24)/b8-7+/t13-/m1/s1. The molecule has 2 amide bonds. The number of hydroxylamine groups is 1. The van der Waals surface area contributed by atoms with Gasteiger partial charge in [0.15, 0.2) is 0 Å². The Hall–Kier alpha value is -2.48. The molecular weight excluding hydrogens is 334 g/mol. The molecule has 1 aliphatic rings. The van der Waals surface area contributed by atoms with Crippen molar-refractivity contribution in [2.75, 3.05) is 11.9 Å². The van der Waals surface area contributed by atoms with E-state index < -0.39 is 5.91 Å². The molecule has 1 saturated carbocycles. The molecule has 1 aromatic heterocycles. The summed E-state index contributed by atoms with van der Waals surface area (Å²) < 4.78 is 0. The molecule has 0 unspecified atom stereocenters. The lowest BCUT2D eigenvalue weighted by Gasteiger charge is -2.21. The molecule has 0 aromatic carbocycles. The summed E-state index contributed by atoms with van der Waals surface area (Å²) in [6.07, 6.45) is 12.4. The highest BCUT2D eigenvalue weighted by atomic mass is 16.5. The Balaban J connectivity index is 1.71. The number of rotatable bonds is 8. The van der Waals surface area contributed by atoms with Gasteiger partial charge in [0, 0.05) is 25.1 Å². The summed E-state index contributed by atoms with van der Waals surface area (Å²) in [5.74, 6) is 0.597. The smallest absolute Gasteiger partial charge is 0.267 e. The Kier molecular flexibility index (Phi) is 8.01. The van der Waals surface area contributed by atoms with E-state index in [-0.39, 0.29) is 11.9 Å². The molecule has 0 radical (unpaired) electrons. The van der Waals surface area contributed by atoms with Crippen molar-refractivity contribution in [3.63, 3.8) is 0 Å². The van der Waals surface area contributed by atoms with Crippen molar-refractivity contribution in [2.45, 2.75) is 51.5 Å². The topological polar surface area (TPSA) is 116 Å². The first-order chi connectivity index (χ1) is 12.6. The predicted molar refractivity (Wildman–Crippen MR) is 98.3 cm³/mol. The second-order valence-corrected chi connectivity index (χ2v) is 6.69. The van der Waals surface area contributed by atoms with E-state index in [1.165, 1.54) is 37.0 Å². The Morgan fingerprint density at radius 3 is 2.69 bits per heavy atom. The molecule has 1 aliphatic carbocycles. The Bertz CT molecular complexity index is 612. The number of anilines is 1. The molecule has 1 atom stereocenters. The number of hydrogen-bond acceptors (Lipinski definition) is 6. The fourth-order valence-electron chi connectivity index (χ4n) is 2.99. The van der Waals surface area contributed by atoms with Gasteiger partial charge >= 0.3 is 0 Å². The fourth-order valence-corrected chi connectivity index (χ4v) is 2.99. The summed E-state index contributed by atoms with van der Waals surface area (Å²) >= 11 is 0. The van der Waals surface area contributed by atoms with Crippen molar-refractivity contribution in [3.05, 3.63) is 24.2 Å². The maximum absolute atomic E-state index is 12.0. The van der Waals surface area contributed by atoms with Gasteiger partial charge in [-0.2, -0.15) is 0 Å². The van der Waals surface area contributed by atoms with E-state index in [0.29, 0.717) is 30.4 Å². The highest BCUT2D eigenvalue weighted by Gasteiger charge is 2.17. The third kappa shape index (κ3) is 7.18. The average Bonchev–Trinajstić information content (AvgIpc) is 2.66. The van der Waals surface area contributed by atoms with Gasteiger partial charge in [0.05, 0.1) is 18.1 Å². The van der Waals surface area contributed by atoms with E-state index in [2.05, 4.69) is 20.6 Å². The van der Waals surface area contributed by atoms with Crippen LogP contribution in [0, 0.1) is 5.92 Å². The monoisotopic (exact) mass is 361 g/mol. The van der Waals surface area contributed by atoms with Crippen molar-refractivity contribution in [2.24, 2.45) is 5.92 Å². The first-order valence-corrected chi connectivity index (χ1v) is 9.04. The highest BCUT2D eigenvalue weighted by molar-refractivity contribution is 5.90. The van der Waals surface area contributed by atoms with Crippen LogP contribution < -0.4 is 16.1 Å². The van der Waals surface area contributed by atoms with Crippen LogP contribution in [0.1, 0.15) is 51.1 Å². The number of carbonyl (C=O) groups is 2. The molecule has 0 spiro atoms. The molecule has 0 aliphatic heterocycles. The van der Waals surface area contributed by atoms with Crippen molar-refractivity contribution < 1.29 is 14.8 Å². The molecule has 1 heterocycles. The van der Waals surface area contributed by atoms with Crippen LogP contribution in [0.4, 0.5) is 5.82 Å². The third-order valence-corrected chi connectivity index (χ3v) is 4.39. The lowest BCUT2D eigenvalue weighted by atomic mass is 9.87. The van der Waals surface area contributed by atoms with Gasteiger partial charge in [0.25, 0.3) is 5.91 Å². The second-order valence-electron chi connectivity index (χ2n) is 6.69. The van der Waals surface area contributed by atoms with Crippen LogP contribution in [0.15, 0.2) is 18.5 Å². The normalized spacial score (nSPS) is 16.2. The van der Waals surface area contributed by atoms with E-state index in [0.717, 1.165) is 18.9 Å². The SMILES string of the molecule is C[C@H](CNC(=O)CC1CCCCC1)Nc1cnc(/C=C/C(=O)NO)cn1. The molecule has 142 valence electrons. The van der Waals surface area contributed by atoms with Crippen LogP contribution in [0.5, 0.6) is 0 Å². The molecule has 2 rings (SSSR count). The largest absolute Gasteiger partial charge is 0.365 e. The van der Waals surface area contributed by atoms with Crippen LogP contribution in [0.2, 0.25) is 0 Å². The van der Waals surface area contributed by atoms with Crippen LogP contribution >= 0.6 is 0 Å². The van der Waals surface area contributed by atoms with E-state index in [4.69, 9.17) is 5.21 Å². The highest BCUT2D eigenvalue weighted by Crippen LogP contribution is 2.25. The van der Waals surface area contributed by atoms with E-state index in [1.54, 1.807) is 6.20 Å². The zero-order valence-electron chi connectivity index (χ0n) is 15.1. The summed E-state index contributed by atoms with van der Waals surface area (Å²) in [7, 11) is 0. The number of aromatic nitrogens is 2. The maximum Gasteiger partial charge on any atom is 0.267 e. The average molecular weight is 361 g/mol. The minimum Gasteiger partial charge on any atom is -0.365 e. The van der Waals surface area contributed by atoms with Crippen molar-refractivity contribution >= 4 is 23.7 Å². The van der Waals surface area contributed by atoms with Gasteiger partial charge in [-0.3, -0.25) is 19.8 Å². The van der Waals surface area contributed by atoms with Crippen LogP contribution in [-0.2, 0) is 9.59 Å². The zero-order chi connectivity index (χ0) is 18.8. The van der Waals surface area contributed by atoms with E-state index >= 15 is 0 Å². The summed E-state index contributed by atoms with van der Waals surface area (Å²) in [4.78, 5) is 31.3.